The van der Waals surface area contributed by atoms with Crippen molar-refractivity contribution in [1.82, 2.24) is 9.97 Å². The molecule has 0 saturated carbocycles. The number of rotatable bonds is 2. The molecule has 1 heterocycles. The van der Waals surface area contributed by atoms with Crippen LogP contribution < -0.4 is 5.56 Å². The monoisotopic (exact) mass is 262 g/mol. The molecule has 19 heavy (non-hydrogen) atoms. The van der Waals surface area contributed by atoms with Gasteiger partial charge >= 0.3 is 0 Å². The van der Waals surface area contributed by atoms with Gasteiger partial charge in [0.05, 0.1) is 5.56 Å². The number of halogens is 1. The van der Waals surface area contributed by atoms with Gasteiger partial charge in [0.15, 0.2) is 0 Å². The van der Waals surface area contributed by atoms with Crippen LogP contribution in [0, 0.1) is 12.7 Å². The van der Waals surface area contributed by atoms with Crippen LogP contribution >= 0.6 is 0 Å². The summed E-state index contributed by atoms with van der Waals surface area (Å²) in [7, 11) is 0. The summed E-state index contributed by atoms with van der Waals surface area (Å²) in [5, 5.41) is 9.82. The lowest BCUT2D eigenvalue weighted by Gasteiger charge is -2.09. The SMILES string of the molecule is Cc1cc(-c2nc(O)c(C(C)C)c(=O)[nH]2)ccc1F. The zero-order chi connectivity index (χ0) is 14.2. The Hall–Kier alpha value is -2.17. The van der Waals surface area contributed by atoms with Crippen molar-refractivity contribution in [2.24, 2.45) is 0 Å². The van der Waals surface area contributed by atoms with Gasteiger partial charge in [0.1, 0.15) is 11.6 Å². The highest BCUT2D eigenvalue weighted by Gasteiger charge is 2.15. The first-order valence-corrected chi connectivity index (χ1v) is 6.00. The Morgan fingerprint density at radius 1 is 1.37 bits per heavy atom. The molecule has 0 saturated heterocycles. The van der Waals surface area contributed by atoms with Crippen molar-refractivity contribution in [1.29, 1.82) is 0 Å². The summed E-state index contributed by atoms with van der Waals surface area (Å²) in [6, 6.07) is 4.38. The number of benzene rings is 1. The van der Waals surface area contributed by atoms with Crippen LogP contribution in [0.3, 0.4) is 0 Å². The zero-order valence-electron chi connectivity index (χ0n) is 11.0. The van der Waals surface area contributed by atoms with E-state index in [0.29, 0.717) is 11.1 Å². The highest BCUT2D eigenvalue weighted by molar-refractivity contribution is 5.57. The summed E-state index contributed by atoms with van der Waals surface area (Å²) in [5.41, 5.74) is 0.885. The van der Waals surface area contributed by atoms with Gasteiger partial charge in [-0.05, 0) is 36.6 Å². The molecular formula is C14H15FN2O2. The van der Waals surface area contributed by atoms with Gasteiger partial charge in [0.2, 0.25) is 5.88 Å². The minimum Gasteiger partial charge on any atom is -0.493 e. The summed E-state index contributed by atoms with van der Waals surface area (Å²) in [6.07, 6.45) is 0. The molecule has 0 amide bonds. The van der Waals surface area contributed by atoms with E-state index in [1.165, 1.54) is 12.1 Å². The van der Waals surface area contributed by atoms with E-state index in [4.69, 9.17) is 0 Å². The Morgan fingerprint density at radius 3 is 2.58 bits per heavy atom. The molecule has 0 unspecified atom stereocenters. The largest absolute Gasteiger partial charge is 0.493 e. The number of H-pyrrole nitrogens is 1. The molecule has 0 fully saturated rings. The van der Waals surface area contributed by atoms with E-state index < -0.39 is 0 Å². The lowest BCUT2D eigenvalue weighted by molar-refractivity contribution is 0.440. The molecule has 100 valence electrons. The molecule has 0 radical (unpaired) electrons. The number of hydrogen-bond acceptors (Lipinski definition) is 3. The average Bonchev–Trinajstić information content (AvgIpc) is 2.31. The number of nitrogens with one attached hydrogen (secondary N) is 1. The van der Waals surface area contributed by atoms with Crippen molar-refractivity contribution in [3.8, 4) is 17.3 Å². The second-order valence-electron chi connectivity index (χ2n) is 4.77. The van der Waals surface area contributed by atoms with Gasteiger partial charge in [0.25, 0.3) is 5.56 Å². The average molecular weight is 262 g/mol. The first-order chi connectivity index (χ1) is 8.90. The van der Waals surface area contributed by atoms with Crippen LogP contribution in [0.5, 0.6) is 5.88 Å². The summed E-state index contributed by atoms with van der Waals surface area (Å²) in [4.78, 5) is 18.5. The van der Waals surface area contributed by atoms with Crippen molar-refractivity contribution < 1.29 is 9.50 Å². The molecule has 0 spiro atoms. The number of aromatic amines is 1. The van der Waals surface area contributed by atoms with Crippen LogP contribution in [0.15, 0.2) is 23.0 Å². The smallest absolute Gasteiger partial charge is 0.258 e. The highest BCUT2D eigenvalue weighted by Crippen LogP contribution is 2.23. The molecule has 5 heteroatoms. The van der Waals surface area contributed by atoms with Gasteiger partial charge in [-0.15, -0.1) is 0 Å². The van der Waals surface area contributed by atoms with Crippen LogP contribution in [0.2, 0.25) is 0 Å². The maximum Gasteiger partial charge on any atom is 0.258 e. The van der Waals surface area contributed by atoms with E-state index in [-0.39, 0.29) is 34.6 Å². The standard InChI is InChI=1S/C14H15FN2O2/c1-7(2)11-13(18)16-12(17-14(11)19)9-4-5-10(15)8(3)6-9/h4-7H,1-3H3,(H2,16,17,18,19). The molecule has 4 nitrogen and oxygen atoms in total. The topological polar surface area (TPSA) is 66.0 Å². The fourth-order valence-corrected chi connectivity index (χ4v) is 1.92. The molecule has 0 bridgehead atoms. The fraction of sp³-hybridized carbons (Fsp3) is 0.286. The van der Waals surface area contributed by atoms with Crippen molar-refractivity contribution >= 4 is 0 Å². The van der Waals surface area contributed by atoms with Gasteiger partial charge in [-0.3, -0.25) is 4.79 Å². The second-order valence-corrected chi connectivity index (χ2v) is 4.77. The lowest BCUT2D eigenvalue weighted by atomic mass is 10.1. The number of aromatic hydroxyl groups is 1. The molecule has 0 aliphatic heterocycles. The first kappa shape index (κ1) is 13.3. The Balaban J connectivity index is 2.58. The van der Waals surface area contributed by atoms with Crippen LogP contribution in [-0.4, -0.2) is 15.1 Å². The summed E-state index contributed by atoms with van der Waals surface area (Å²) in [6.45, 7) is 5.22. The Kier molecular flexibility index (Phi) is 3.38. The van der Waals surface area contributed by atoms with E-state index in [0.717, 1.165) is 0 Å². The molecule has 0 atom stereocenters. The molecule has 0 aliphatic rings. The highest BCUT2D eigenvalue weighted by atomic mass is 19.1. The van der Waals surface area contributed by atoms with Gasteiger partial charge in [-0.2, -0.15) is 4.98 Å². The Labute approximate surface area is 110 Å². The third kappa shape index (κ3) is 2.50. The van der Waals surface area contributed by atoms with Crippen LogP contribution in [0.4, 0.5) is 4.39 Å². The van der Waals surface area contributed by atoms with E-state index in [9.17, 15) is 14.3 Å². The van der Waals surface area contributed by atoms with Gasteiger partial charge in [-0.1, -0.05) is 13.8 Å². The minimum atomic E-state index is -0.375. The van der Waals surface area contributed by atoms with E-state index in [1.807, 2.05) is 0 Å². The maximum absolute atomic E-state index is 13.2. The van der Waals surface area contributed by atoms with E-state index >= 15 is 0 Å². The van der Waals surface area contributed by atoms with Gasteiger partial charge in [-0.25, -0.2) is 4.39 Å². The molecule has 1 aromatic heterocycles. The van der Waals surface area contributed by atoms with Crippen LogP contribution in [-0.2, 0) is 0 Å². The molecule has 1 aromatic carbocycles. The fourth-order valence-electron chi connectivity index (χ4n) is 1.92. The van der Waals surface area contributed by atoms with Gasteiger partial charge < -0.3 is 10.1 Å². The number of nitrogens with zero attached hydrogens (tertiary/aromatic N) is 1. The van der Waals surface area contributed by atoms with E-state index in [1.54, 1.807) is 26.8 Å². The molecule has 0 aliphatic carbocycles. The second kappa shape index (κ2) is 4.84. The minimum absolute atomic E-state index is 0.125. The van der Waals surface area contributed by atoms with Crippen molar-refractivity contribution in [3.05, 3.63) is 45.5 Å². The number of aromatic nitrogens is 2. The number of aryl methyl sites for hydroxylation is 1. The van der Waals surface area contributed by atoms with Crippen molar-refractivity contribution in [2.75, 3.05) is 0 Å². The molecule has 2 N–H and O–H groups in total. The normalized spacial score (nSPS) is 11.0. The van der Waals surface area contributed by atoms with E-state index in [2.05, 4.69) is 9.97 Å². The first-order valence-electron chi connectivity index (χ1n) is 6.00. The van der Waals surface area contributed by atoms with Crippen LogP contribution in [0.1, 0.15) is 30.9 Å². The maximum atomic E-state index is 13.2. The van der Waals surface area contributed by atoms with Crippen LogP contribution in [0.25, 0.3) is 11.4 Å². The molecule has 2 aromatic rings. The molecule has 2 rings (SSSR count). The zero-order valence-corrected chi connectivity index (χ0v) is 11.0. The van der Waals surface area contributed by atoms with Crippen molar-refractivity contribution in [2.45, 2.75) is 26.7 Å². The third-order valence-electron chi connectivity index (χ3n) is 2.94. The Bertz CT molecular complexity index is 678. The third-order valence-corrected chi connectivity index (χ3v) is 2.94. The number of hydrogen-bond donors (Lipinski definition) is 2. The predicted molar refractivity (Wildman–Crippen MR) is 70.7 cm³/mol. The molecular weight excluding hydrogens is 247 g/mol. The Morgan fingerprint density at radius 2 is 2.05 bits per heavy atom. The predicted octanol–water partition coefficient (Wildman–Crippen LogP) is 2.71. The van der Waals surface area contributed by atoms with Gasteiger partial charge in [0, 0.05) is 5.56 Å². The van der Waals surface area contributed by atoms with Crippen molar-refractivity contribution in [3.63, 3.8) is 0 Å². The lowest BCUT2D eigenvalue weighted by Crippen LogP contribution is -2.16. The summed E-state index contributed by atoms with van der Waals surface area (Å²) >= 11 is 0. The summed E-state index contributed by atoms with van der Waals surface area (Å²) in [5.74, 6) is -0.500. The summed E-state index contributed by atoms with van der Waals surface area (Å²) < 4.78 is 13.2. The quantitative estimate of drug-likeness (QED) is 0.874.